The topological polar surface area (TPSA) is 59.1 Å². The molecule has 0 aromatic carbocycles. The third-order valence-electron chi connectivity index (χ3n) is 5.05. The molecule has 8 heteroatoms. The zero-order chi connectivity index (χ0) is 17.4. The van der Waals surface area contributed by atoms with E-state index < -0.39 is 11.9 Å². The highest BCUT2D eigenvalue weighted by atomic mass is 19.4. The molecule has 0 amide bonds. The lowest BCUT2D eigenvalue weighted by atomic mass is 9.55. The van der Waals surface area contributed by atoms with Gasteiger partial charge in [-0.25, -0.2) is 9.97 Å². The molecule has 1 aliphatic carbocycles. The van der Waals surface area contributed by atoms with Gasteiger partial charge in [-0.3, -0.25) is 0 Å². The van der Waals surface area contributed by atoms with Crippen molar-refractivity contribution in [2.24, 2.45) is 11.3 Å². The fourth-order valence-electron chi connectivity index (χ4n) is 3.94. The summed E-state index contributed by atoms with van der Waals surface area (Å²) in [5, 5.41) is 6.35. The first-order chi connectivity index (χ1) is 11.3. The Bertz CT molecular complexity index is 579. The number of nitrogens with zero attached hydrogens (tertiary/aromatic N) is 2. The second-order valence-corrected chi connectivity index (χ2v) is 7.04. The van der Waals surface area contributed by atoms with Crippen molar-refractivity contribution in [1.29, 1.82) is 0 Å². The third-order valence-corrected chi connectivity index (χ3v) is 5.05. The summed E-state index contributed by atoms with van der Waals surface area (Å²) in [4.78, 5) is 7.32. The average molecular weight is 344 g/mol. The number of rotatable bonds is 5. The van der Waals surface area contributed by atoms with Crippen LogP contribution < -0.4 is 10.6 Å². The highest BCUT2D eigenvalue weighted by molar-refractivity contribution is 5.26. The van der Waals surface area contributed by atoms with E-state index in [1.165, 1.54) is 0 Å². The maximum absolute atomic E-state index is 12.6. The van der Waals surface area contributed by atoms with Gasteiger partial charge in [-0.05, 0) is 18.9 Å². The summed E-state index contributed by atoms with van der Waals surface area (Å²) in [6, 6.07) is 1.23. The van der Waals surface area contributed by atoms with Gasteiger partial charge in [0.25, 0.3) is 0 Å². The fraction of sp³-hybridized carbons (Fsp3) is 0.750. The van der Waals surface area contributed by atoms with Crippen molar-refractivity contribution in [2.75, 3.05) is 25.0 Å². The fourth-order valence-corrected chi connectivity index (χ4v) is 3.94. The molecule has 1 aromatic heterocycles. The number of anilines is 1. The Morgan fingerprint density at radius 2 is 2.12 bits per heavy atom. The quantitative estimate of drug-likeness (QED) is 0.805. The van der Waals surface area contributed by atoms with Gasteiger partial charge in [0, 0.05) is 43.3 Å². The molecule has 2 heterocycles. The second-order valence-electron chi connectivity index (χ2n) is 7.04. The molecule has 0 bridgehead atoms. The van der Waals surface area contributed by atoms with Crippen LogP contribution in [0.3, 0.4) is 0 Å². The first-order valence-electron chi connectivity index (χ1n) is 8.29. The predicted octanol–water partition coefficient (Wildman–Crippen LogP) is 2.70. The molecule has 0 radical (unpaired) electrons. The lowest BCUT2D eigenvalue weighted by molar-refractivity contribution is -0.192. The first-order valence-corrected chi connectivity index (χ1v) is 8.29. The second kappa shape index (κ2) is 6.48. The summed E-state index contributed by atoms with van der Waals surface area (Å²) in [5.41, 5.74) is -0.854. The molecule has 1 aliphatic heterocycles. The number of aromatic nitrogens is 2. The van der Waals surface area contributed by atoms with E-state index in [9.17, 15) is 13.2 Å². The number of alkyl halides is 3. The molecule has 2 aliphatic rings. The van der Waals surface area contributed by atoms with Crippen LogP contribution in [0, 0.1) is 11.3 Å². The van der Waals surface area contributed by atoms with Crippen molar-refractivity contribution in [3.63, 3.8) is 0 Å². The van der Waals surface area contributed by atoms with E-state index in [0.29, 0.717) is 31.2 Å². The smallest absolute Gasteiger partial charge is 0.377 e. The van der Waals surface area contributed by atoms with Crippen molar-refractivity contribution in [2.45, 2.75) is 45.0 Å². The molecule has 2 N–H and O–H groups in total. The standard InChI is InChI=1S/C16H23F3N4O/c1-15(2)12(10-4-3-9-24-13(10)15)20-7-8-22-14-21-6-5-11(23-14)16(17,18)19/h5-6,10,12-13,20H,3-4,7-9H2,1-2H3,(H,21,22,23)/t10-,12-,13-/m1/s1. The minimum atomic E-state index is -4.45. The Kier molecular flexibility index (Phi) is 4.70. The van der Waals surface area contributed by atoms with E-state index in [1.54, 1.807) is 0 Å². The minimum absolute atomic E-state index is 0.00151. The monoisotopic (exact) mass is 344 g/mol. The molecule has 2 fully saturated rings. The van der Waals surface area contributed by atoms with Gasteiger partial charge in [-0.1, -0.05) is 13.8 Å². The van der Waals surface area contributed by atoms with Gasteiger partial charge in [0.2, 0.25) is 5.95 Å². The molecule has 1 aromatic rings. The number of fused-ring (bicyclic) bond motifs is 1. The van der Waals surface area contributed by atoms with Gasteiger partial charge in [0.15, 0.2) is 0 Å². The van der Waals surface area contributed by atoms with Crippen LogP contribution >= 0.6 is 0 Å². The van der Waals surface area contributed by atoms with Crippen molar-refractivity contribution in [1.82, 2.24) is 15.3 Å². The van der Waals surface area contributed by atoms with Crippen LogP contribution in [0.15, 0.2) is 12.3 Å². The summed E-state index contributed by atoms with van der Waals surface area (Å²) < 4.78 is 43.7. The molecule has 0 spiro atoms. The molecule has 3 rings (SSSR count). The van der Waals surface area contributed by atoms with E-state index in [4.69, 9.17) is 4.74 Å². The predicted molar refractivity (Wildman–Crippen MR) is 83.6 cm³/mol. The maximum Gasteiger partial charge on any atom is 0.433 e. The van der Waals surface area contributed by atoms with Crippen molar-refractivity contribution >= 4 is 5.95 Å². The zero-order valence-corrected chi connectivity index (χ0v) is 13.9. The number of hydrogen-bond acceptors (Lipinski definition) is 5. The molecule has 3 atom stereocenters. The van der Waals surface area contributed by atoms with E-state index in [-0.39, 0.29) is 11.4 Å². The van der Waals surface area contributed by atoms with Crippen LogP contribution in [0.25, 0.3) is 0 Å². The van der Waals surface area contributed by atoms with E-state index in [0.717, 1.165) is 31.7 Å². The summed E-state index contributed by atoms with van der Waals surface area (Å²) >= 11 is 0. The molecule has 24 heavy (non-hydrogen) atoms. The Morgan fingerprint density at radius 1 is 1.33 bits per heavy atom. The molecule has 5 nitrogen and oxygen atoms in total. The Labute approximate surface area is 139 Å². The number of nitrogens with one attached hydrogen (secondary N) is 2. The number of hydrogen-bond donors (Lipinski definition) is 2. The van der Waals surface area contributed by atoms with Crippen LogP contribution in [0.4, 0.5) is 19.1 Å². The average Bonchev–Trinajstić information content (AvgIpc) is 2.54. The van der Waals surface area contributed by atoms with Gasteiger partial charge < -0.3 is 15.4 Å². The summed E-state index contributed by atoms with van der Waals surface area (Å²) in [5.74, 6) is 0.525. The molecule has 0 unspecified atom stereocenters. The Hall–Kier alpha value is -1.41. The largest absolute Gasteiger partial charge is 0.433 e. The first kappa shape index (κ1) is 17.4. The van der Waals surface area contributed by atoms with Crippen molar-refractivity contribution < 1.29 is 17.9 Å². The van der Waals surface area contributed by atoms with Crippen LogP contribution in [0.2, 0.25) is 0 Å². The lowest BCUT2D eigenvalue weighted by Crippen LogP contribution is -2.69. The Balaban J connectivity index is 1.48. The summed E-state index contributed by atoms with van der Waals surface area (Å²) in [7, 11) is 0. The van der Waals surface area contributed by atoms with Crippen molar-refractivity contribution in [3.05, 3.63) is 18.0 Å². The normalized spacial score (nSPS) is 28.8. The van der Waals surface area contributed by atoms with Gasteiger partial charge in [-0.2, -0.15) is 13.2 Å². The van der Waals surface area contributed by atoms with Gasteiger partial charge in [0.1, 0.15) is 5.69 Å². The third kappa shape index (κ3) is 3.35. The van der Waals surface area contributed by atoms with Crippen molar-refractivity contribution in [3.8, 4) is 0 Å². The summed E-state index contributed by atoms with van der Waals surface area (Å²) in [6.45, 7) is 6.33. The molecular formula is C16H23F3N4O. The number of ether oxygens (including phenoxy) is 1. The molecular weight excluding hydrogens is 321 g/mol. The molecule has 134 valence electrons. The zero-order valence-electron chi connectivity index (χ0n) is 13.9. The minimum Gasteiger partial charge on any atom is -0.377 e. The van der Waals surface area contributed by atoms with E-state index in [2.05, 4.69) is 34.4 Å². The van der Waals surface area contributed by atoms with E-state index in [1.807, 2.05) is 0 Å². The van der Waals surface area contributed by atoms with Crippen LogP contribution in [0.5, 0.6) is 0 Å². The summed E-state index contributed by atoms with van der Waals surface area (Å²) in [6.07, 6.45) is -0.779. The van der Waals surface area contributed by atoms with Crippen LogP contribution in [-0.2, 0) is 10.9 Å². The Morgan fingerprint density at radius 3 is 2.88 bits per heavy atom. The SMILES string of the molecule is CC1(C)[C@H](NCCNc2nccc(C(F)(F)F)n2)[C@H]2CCCO[C@H]21. The maximum atomic E-state index is 12.6. The highest BCUT2D eigenvalue weighted by Gasteiger charge is 2.57. The van der Waals surface area contributed by atoms with Gasteiger partial charge in [0.05, 0.1) is 6.10 Å². The van der Waals surface area contributed by atoms with Crippen LogP contribution in [0.1, 0.15) is 32.4 Å². The van der Waals surface area contributed by atoms with Gasteiger partial charge in [-0.15, -0.1) is 0 Å². The highest BCUT2D eigenvalue weighted by Crippen LogP contribution is 2.51. The molecule has 1 saturated heterocycles. The van der Waals surface area contributed by atoms with E-state index >= 15 is 0 Å². The molecule has 1 saturated carbocycles. The van der Waals surface area contributed by atoms with Crippen LogP contribution in [-0.4, -0.2) is 41.8 Å². The van der Waals surface area contributed by atoms with Gasteiger partial charge >= 0.3 is 6.18 Å². The number of halogens is 3. The lowest BCUT2D eigenvalue weighted by Gasteiger charge is -2.60.